The van der Waals surface area contributed by atoms with Crippen molar-refractivity contribution in [3.05, 3.63) is 29.8 Å². The SMILES string of the molecule is CC1CCC2(CC1)NC(=O)N(NC(=O)c1ccc(OC(C)C)cc1)C2=O. The maximum absolute atomic E-state index is 12.7. The van der Waals surface area contributed by atoms with E-state index in [2.05, 4.69) is 17.7 Å². The van der Waals surface area contributed by atoms with Gasteiger partial charge in [0, 0.05) is 5.56 Å². The molecule has 2 fully saturated rings. The zero-order chi connectivity index (χ0) is 18.9. The van der Waals surface area contributed by atoms with E-state index >= 15 is 0 Å². The molecule has 1 aromatic rings. The molecule has 1 heterocycles. The first-order valence-electron chi connectivity index (χ1n) is 9.05. The highest BCUT2D eigenvalue weighted by Gasteiger charge is 2.52. The lowest BCUT2D eigenvalue weighted by atomic mass is 9.77. The Hall–Kier alpha value is -2.57. The van der Waals surface area contributed by atoms with Crippen LogP contribution in [0.2, 0.25) is 0 Å². The van der Waals surface area contributed by atoms with Crippen LogP contribution in [0.5, 0.6) is 5.75 Å². The number of benzene rings is 1. The van der Waals surface area contributed by atoms with E-state index in [-0.39, 0.29) is 12.0 Å². The lowest BCUT2D eigenvalue weighted by Crippen LogP contribution is -2.51. The summed E-state index contributed by atoms with van der Waals surface area (Å²) in [6.45, 7) is 5.97. The van der Waals surface area contributed by atoms with Crippen molar-refractivity contribution < 1.29 is 19.1 Å². The fourth-order valence-corrected chi connectivity index (χ4v) is 3.44. The Morgan fingerprint density at radius 3 is 2.42 bits per heavy atom. The van der Waals surface area contributed by atoms with Crippen molar-refractivity contribution in [1.82, 2.24) is 15.8 Å². The minimum atomic E-state index is -0.869. The van der Waals surface area contributed by atoms with E-state index in [4.69, 9.17) is 4.74 Å². The summed E-state index contributed by atoms with van der Waals surface area (Å²) in [5.74, 6) is 0.315. The highest BCUT2D eigenvalue weighted by atomic mass is 16.5. The number of rotatable bonds is 4. The lowest BCUT2D eigenvalue weighted by molar-refractivity contribution is -0.134. The van der Waals surface area contributed by atoms with Gasteiger partial charge in [0.2, 0.25) is 0 Å². The van der Waals surface area contributed by atoms with Gasteiger partial charge in [-0.05, 0) is 69.7 Å². The predicted molar refractivity (Wildman–Crippen MR) is 95.4 cm³/mol. The van der Waals surface area contributed by atoms with Gasteiger partial charge >= 0.3 is 6.03 Å². The van der Waals surface area contributed by atoms with E-state index < -0.39 is 17.5 Å². The summed E-state index contributed by atoms with van der Waals surface area (Å²) in [4.78, 5) is 37.4. The average molecular weight is 359 g/mol. The van der Waals surface area contributed by atoms with Crippen LogP contribution in [-0.4, -0.2) is 34.5 Å². The summed E-state index contributed by atoms with van der Waals surface area (Å²) in [7, 11) is 0. The molecule has 3 rings (SSSR count). The number of hydrazine groups is 1. The van der Waals surface area contributed by atoms with Crippen LogP contribution in [0.4, 0.5) is 4.79 Å². The monoisotopic (exact) mass is 359 g/mol. The number of nitrogens with zero attached hydrogens (tertiary/aromatic N) is 1. The van der Waals surface area contributed by atoms with E-state index in [0.717, 1.165) is 17.9 Å². The molecule has 1 aliphatic heterocycles. The molecule has 26 heavy (non-hydrogen) atoms. The fourth-order valence-electron chi connectivity index (χ4n) is 3.44. The van der Waals surface area contributed by atoms with E-state index in [9.17, 15) is 14.4 Å². The van der Waals surface area contributed by atoms with Crippen molar-refractivity contribution >= 4 is 17.8 Å². The molecule has 7 heteroatoms. The molecule has 0 bridgehead atoms. The van der Waals surface area contributed by atoms with Crippen molar-refractivity contribution in [2.75, 3.05) is 0 Å². The molecule has 1 aromatic carbocycles. The van der Waals surface area contributed by atoms with Gasteiger partial charge in [-0.1, -0.05) is 6.92 Å². The molecule has 0 radical (unpaired) electrons. The van der Waals surface area contributed by atoms with Crippen LogP contribution in [0.1, 0.15) is 56.8 Å². The molecule has 140 valence electrons. The van der Waals surface area contributed by atoms with Gasteiger partial charge in [-0.25, -0.2) is 4.79 Å². The third-order valence-electron chi connectivity index (χ3n) is 4.99. The second kappa shape index (κ2) is 6.97. The second-order valence-corrected chi connectivity index (χ2v) is 7.47. The van der Waals surface area contributed by atoms with Crippen LogP contribution >= 0.6 is 0 Å². The first-order valence-corrected chi connectivity index (χ1v) is 9.05. The summed E-state index contributed by atoms with van der Waals surface area (Å²) < 4.78 is 5.54. The highest BCUT2D eigenvalue weighted by molar-refractivity contribution is 6.09. The summed E-state index contributed by atoms with van der Waals surface area (Å²) in [6.07, 6.45) is 3.00. The number of urea groups is 1. The standard InChI is InChI=1S/C19H25N3O4/c1-12(2)26-15-6-4-14(5-7-15)16(23)21-22-17(24)19(20-18(22)25)10-8-13(3)9-11-19/h4-7,12-13H,8-11H2,1-3H3,(H,20,25)(H,21,23). The molecule has 2 aliphatic rings. The van der Waals surface area contributed by atoms with Crippen LogP contribution in [0.25, 0.3) is 0 Å². The Bertz CT molecular complexity index is 706. The topological polar surface area (TPSA) is 87.7 Å². The fraction of sp³-hybridized carbons (Fsp3) is 0.526. The Morgan fingerprint density at radius 2 is 1.85 bits per heavy atom. The number of imide groups is 1. The Balaban J connectivity index is 1.67. The highest BCUT2D eigenvalue weighted by Crippen LogP contribution is 2.35. The van der Waals surface area contributed by atoms with E-state index in [1.807, 2.05) is 13.8 Å². The molecule has 1 aliphatic carbocycles. The minimum absolute atomic E-state index is 0.0370. The summed E-state index contributed by atoms with van der Waals surface area (Å²) in [5, 5.41) is 3.60. The molecular weight excluding hydrogens is 334 g/mol. The van der Waals surface area contributed by atoms with Crippen LogP contribution in [0.15, 0.2) is 24.3 Å². The normalized spacial score (nSPS) is 25.5. The lowest BCUT2D eigenvalue weighted by Gasteiger charge is -2.33. The number of ether oxygens (including phenoxy) is 1. The Kier molecular flexibility index (Phi) is 4.89. The number of amides is 4. The summed E-state index contributed by atoms with van der Waals surface area (Å²) in [6, 6.07) is 6.00. The van der Waals surface area contributed by atoms with Gasteiger partial charge in [0.05, 0.1) is 6.10 Å². The molecule has 0 unspecified atom stereocenters. The number of nitrogens with one attached hydrogen (secondary N) is 2. The molecule has 4 amide bonds. The van der Waals surface area contributed by atoms with Crippen molar-refractivity contribution in [2.45, 2.75) is 58.1 Å². The van der Waals surface area contributed by atoms with Gasteiger partial charge in [0.25, 0.3) is 11.8 Å². The van der Waals surface area contributed by atoms with Crippen LogP contribution < -0.4 is 15.5 Å². The maximum atomic E-state index is 12.7. The van der Waals surface area contributed by atoms with Crippen LogP contribution in [0, 0.1) is 5.92 Å². The zero-order valence-electron chi connectivity index (χ0n) is 15.4. The first-order chi connectivity index (χ1) is 12.3. The zero-order valence-corrected chi connectivity index (χ0v) is 15.4. The minimum Gasteiger partial charge on any atom is -0.491 e. The van der Waals surface area contributed by atoms with Gasteiger partial charge in [-0.15, -0.1) is 0 Å². The third kappa shape index (κ3) is 3.52. The van der Waals surface area contributed by atoms with Crippen LogP contribution in [-0.2, 0) is 4.79 Å². The van der Waals surface area contributed by atoms with Crippen molar-refractivity contribution in [1.29, 1.82) is 0 Å². The Morgan fingerprint density at radius 1 is 1.23 bits per heavy atom. The van der Waals surface area contributed by atoms with E-state index in [1.165, 1.54) is 0 Å². The maximum Gasteiger partial charge on any atom is 0.344 e. The molecule has 1 spiro atoms. The molecule has 0 aromatic heterocycles. The van der Waals surface area contributed by atoms with Gasteiger partial charge in [0.1, 0.15) is 11.3 Å². The number of carbonyl (C=O) groups is 3. The quantitative estimate of drug-likeness (QED) is 0.809. The number of hydrogen-bond donors (Lipinski definition) is 2. The molecule has 1 saturated heterocycles. The van der Waals surface area contributed by atoms with Crippen molar-refractivity contribution in [3.63, 3.8) is 0 Å². The largest absolute Gasteiger partial charge is 0.491 e. The average Bonchev–Trinajstić information content (AvgIpc) is 2.82. The van der Waals surface area contributed by atoms with E-state index in [1.54, 1.807) is 24.3 Å². The first kappa shape index (κ1) is 18.2. The van der Waals surface area contributed by atoms with Crippen molar-refractivity contribution in [2.24, 2.45) is 5.92 Å². The molecule has 7 nitrogen and oxygen atoms in total. The predicted octanol–water partition coefficient (Wildman–Crippen LogP) is 2.62. The summed E-state index contributed by atoms with van der Waals surface area (Å²) >= 11 is 0. The third-order valence-corrected chi connectivity index (χ3v) is 4.99. The number of carbonyl (C=O) groups excluding carboxylic acids is 3. The van der Waals surface area contributed by atoms with Gasteiger partial charge in [-0.2, -0.15) is 5.01 Å². The van der Waals surface area contributed by atoms with Gasteiger partial charge in [0.15, 0.2) is 0 Å². The van der Waals surface area contributed by atoms with Gasteiger partial charge < -0.3 is 10.1 Å². The van der Waals surface area contributed by atoms with Gasteiger partial charge in [-0.3, -0.25) is 15.0 Å². The molecule has 1 saturated carbocycles. The smallest absolute Gasteiger partial charge is 0.344 e. The summed E-state index contributed by atoms with van der Waals surface area (Å²) in [5.41, 5.74) is 1.91. The molecular formula is C19H25N3O4. The van der Waals surface area contributed by atoms with Crippen LogP contribution in [0.3, 0.4) is 0 Å². The number of hydrogen-bond acceptors (Lipinski definition) is 4. The van der Waals surface area contributed by atoms with E-state index in [0.29, 0.717) is 30.1 Å². The second-order valence-electron chi connectivity index (χ2n) is 7.47. The van der Waals surface area contributed by atoms with Crippen molar-refractivity contribution in [3.8, 4) is 5.75 Å². The molecule has 2 N–H and O–H groups in total. The Labute approximate surface area is 153 Å². The molecule has 0 atom stereocenters.